The highest BCUT2D eigenvalue weighted by atomic mass is 16.1. The summed E-state index contributed by atoms with van der Waals surface area (Å²) in [4.78, 5) is 19.5. The number of hydrogen-bond acceptors (Lipinski definition) is 2. The molecule has 2 N–H and O–H groups in total. The Morgan fingerprint density at radius 1 is 1.19 bits per heavy atom. The second kappa shape index (κ2) is 4.49. The van der Waals surface area contributed by atoms with Gasteiger partial charge in [-0.05, 0) is 36.4 Å². The molecule has 0 bridgehead atoms. The summed E-state index contributed by atoms with van der Waals surface area (Å²) < 4.78 is 1.86. The van der Waals surface area contributed by atoms with Crippen LogP contribution in [0, 0.1) is 0 Å². The molecule has 102 valence electrons. The third-order valence-electron chi connectivity index (χ3n) is 3.49. The van der Waals surface area contributed by atoms with Crippen molar-refractivity contribution in [2.24, 2.45) is 0 Å². The average molecular weight is 276 g/mol. The van der Waals surface area contributed by atoms with Crippen molar-refractivity contribution in [3.8, 4) is 0 Å². The lowest BCUT2D eigenvalue weighted by atomic mass is 10.2. The smallest absolute Gasteiger partial charge is 0.255 e. The summed E-state index contributed by atoms with van der Waals surface area (Å²) in [5, 5.41) is 3.98. The summed E-state index contributed by atoms with van der Waals surface area (Å²) in [6, 6.07) is 11.3. The van der Waals surface area contributed by atoms with E-state index in [0.29, 0.717) is 5.56 Å². The fourth-order valence-electron chi connectivity index (χ4n) is 2.39. The van der Waals surface area contributed by atoms with Gasteiger partial charge in [-0.1, -0.05) is 0 Å². The molecule has 1 aromatic carbocycles. The average Bonchev–Trinajstić information content (AvgIpc) is 3.14. The number of nitrogens with zero attached hydrogens (tertiary/aromatic N) is 2. The number of pyridine rings is 1. The molecule has 1 amide bonds. The fourth-order valence-corrected chi connectivity index (χ4v) is 2.39. The lowest BCUT2D eigenvalue weighted by Gasteiger charge is -2.06. The number of rotatable bonds is 2. The molecule has 0 aliphatic rings. The van der Waals surface area contributed by atoms with Gasteiger partial charge in [0.05, 0.1) is 18.0 Å². The van der Waals surface area contributed by atoms with E-state index in [4.69, 9.17) is 0 Å². The quantitative estimate of drug-likeness (QED) is 0.591. The van der Waals surface area contributed by atoms with E-state index in [0.717, 1.165) is 22.1 Å². The molecule has 5 nitrogen and oxygen atoms in total. The number of H-pyrrole nitrogens is 1. The highest BCUT2D eigenvalue weighted by Crippen LogP contribution is 2.18. The van der Waals surface area contributed by atoms with Crippen LogP contribution < -0.4 is 5.32 Å². The summed E-state index contributed by atoms with van der Waals surface area (Å²) in [6.45, 7) is 0. The number of carbonyl (C=O) groups is 1. The SMILES string of the molecule is O=C(Nc1ccc2[nH]ccc2c1)c1ccn2cncc2c1. The number of aromatic nitrogens is 3. The van der Waals surface area contributed by atoms with E-state index in [1.54, 1.807) is 18.6 Å². The van der Waals surface area contributed by atoms with Crippen LogP contribution in [-0.2, 0) is 0 Å². The monoisotopic (exact) mass is 276 g/mol. The number of nitrogens with one attached hydrogen (secondary N) is 2. The molecule has 0 aliphatic heterocycles. The Kier molecular flexibility index (Phi) is 2.50. The number of aromatic amines is 1. The van der Waals surface area contributed by atoms with Crippen molar-refractivity contribution < 1.29 is 4.79 Å². The van der Waals surface area contributed by atoms with Crippen LogP contribution in [0.4, 0.5) is 5.69 Å². The molecule has 0 aliphatic carbocycles. The van der Waals surface area contributed by atoms with Crippen molar-refractivity contribution in [2.45, 2.75) is 0 Å². The number of fused-ring (bicyclic) bond motifs is 2. The Hall–Kier alpha value is -3.08. The number of amides is 1. The number of benzene rings is 1. The molecule has 0 unspecified atom stereocenters. The Morgan fingerprint density at radius 2 is 2.14 bits per heavy atom. The molecule has 0 radical (unpaired) electrons. The Balaban J connectivity index is 1.64. The second-order valence-corrected chi connectivity index (χ2v) is 4.88. The van der Waals surface area contributed by atoms with Gasteiger partial charge in [0.25, 0.3) is 5.91 Å². The summed E-state index contributed by atoms with van der Waals surface area (Å²) in [5.41, 5.74) is 3.33. The maximum Gasteiger partial charge on any atom is 0.255 e. The first-order chi connectivity index (χ1) is 10.3. The van der Waals surface area contributed by atoms with Gasteiger partial charge in [0.2, 0.25) is 0 Å². The third kappa shape index (κ3) is 2.04. The minimum absolute atomic E-state index is 0.131. The lowest BCUT2D eigenvalue weighted by molar-refractivity contribution is 0.102. The van der Waals surface area contributed by atoms with Gasteiger partial charge in [-0.15, -0.1) is 0 Å². The van der Waals surface area contributed by atoms with E-state index in [2.05, 4.69) is 15.3 Å². The summed E-state index contributed by atoms with van der Waals surface area (Å²) >= 11 is 0. The van der Waals surface area contributed by atoms with E-state index in [9.17, 15) is 4.79 Å². The highest BCUT2D eigenvalue weighted by Gasteiger charge is 2.07. The Labute approximate surface area is 120 Å². The number of carbonyl (C=O) groups excluding carboxylic acids is 1. The normalized spacial score (nSPS) is 11.0. The van der Waals surface area contributed by atoms with Gasteiger partial charge in [0.1, 0.15) is 0 Å². The van der Waals surface area contributed by atoms with Crippen LogP contribution >= 0.6 is 0 Å². The van der Waals surface area contributed by atoms with Crippen molar-refractivity contribution in [1.82, 2.24) is 14.4 Å². The molecule has 0 spiro atoms. The maximum atomic E-state index is 12.3. The lowest BCUT2D eigenvalue weighted by Crippen LogP contribution is -2.12. The minimum Gasteiger partial charge on any atom is -0.361 e. The molecule has 0 saturated heterocycles. The molecular formula is C16H12N4O. The first-order valence-electron chi connectivity index (χ1n) is 6.60. The maximum absolute atomic E-state index is 12.3. The van der Waals surface area contributed by atoms with Crippen molar-refractivity contribution in [1.29, 1.82) is 0 Å². The topological polar surface area (TPSA) is 62.2 Å². The number of hydrogen-bond donors (Lipinski definition) is 2. The van der Waals surface area contributed by atoms with Crippen molar-refractivity contribution in [3.05, 3.63) is 66.9 Å². The molecule has 0 atom stereocenters. The molecule has 0 fully saturated rings. The highest BCUT2D eigenvalue weighted by molar-refractivity contribution is 6.05. The van der Waals surface area contributed by atoms with Crippen LogP contribution in [-0.4, -0.2) is 20.3 Å². The van der Waals surface area contributed by atoms with E-state index in [-0.39, 0.29) is 5.91 Å². The standard InChI is InChI=1S/C16H12N4O/c21-16(12-4-6-20-10-17-9-14(20)8-12)19-13-1-2-15-11(7-13)3-5-18-15/h1-10,18H,(H,19,21). The summed E-state index contributed by atoms with van der Waals surface area (Å²) in [7, 11) is 0. The molecule has 5 heteroatoms. The van der Waals surface area contributed by atoms with Crippen LogP contribution in [0.2, 0.25) is 0 Å². The summed E-state index contributed by atoms with van der Waals surface area (Å²) in [5.74, 6) is -0.131. The van der Waals surface area contributed by atoms with Gasteiger partial charge in [-0.25, -0.2) is 4.98 Å². The molecular weight excluding hydrogens is 264 g/mol. The second-order valence-electron chi connectivity index (χ2n) is 4.88. The zero-order valence-corrected chi connectivity index (χ0v) is 11.1. The van der Waals surface area contributed by atoms with Crippen LogP contribution in [0.1, 0.15) is 10.4 Å². The van der Waals surface area contributed by atoms with E-state index in [1.807, 2.05) is 47.1 Å². The van der Waals surface area contributed by atoms with Gasteiger partial charge in [0.15, 0.2) is 0 Å². The van der Waals surface area contributed by atoms with Crippen molar-refractivity contribution in [3.63, 3.8) is 0 Å². The van der Waals surface area contributed by atoms with Gasteiger partial charge in [-0.3, -0.25) is 4.79 Å². The molecule has 0 saturated carbocycles. The van der Waals surface area contributed by atoms with Crippen molar-refractivity contribution in [2.75, 3.05) is 5.32 Å². The summed E-state index contributed by atoms with van der Waals surface area (Å²) in [6.07, 6.45) is 7.13. The van der Waals surface area contributed by atoms with Crippen LogP contribution in [0.5, 0.6) is 0 Å². The number of imidazole rings is 1. The van der Waals surface area contributed by atoms with Gasteiger partial charge in [-0.2, -0.15) is 0 Å². The molecule has 21 heavy (non-hydrogen) atoms. The molecule has 4 aromatic rings. The number of anilines is 1. The van der Waals surface area contributed by atoms with Crippen LogP contribution in [0.3, 0.4) is 0 Å². The van der Waals surface area contributed by atoms with Crippen LogP contribution in [0.25, 0.3) is 16.4 Å². The Bertz CT molecular complexity index is 951. The first-order valence-corrected chi connectivity index (χ1v) is 6.60. The largest absolute Gasteiger partial charge is 0.361 e. The zero-order chi connectivity index (χ0) is 14.2. The zero-order valence-electron chi connectivity index (χ0n) is 11.1. The third-order valence-corrected chi connectivity index (χ3v) is 3.49. The van der Waals surface area contributed by atoms with E-state index < -0.39 is 0 Å². The molecule has 4 rings (SSSR count). The van der Waals surface area contributed by atoms with Crippen LogP contribution in [0.15, 0.2) is 61.3 Å². The van der Waals surface area contributed by atoms with E-state index >= 15 is 0 Å². The predicted molar refractivity (Wildman–Crippen MR) is 81.4 cm³/mol. The minimum atomic E-state index is -0.131. The van der Waals surface area contributed by atoms with Gasteiger partial charge in [0, 0.05) is 34.5 Å². The fraction of sp³-hybridized carbons (Fsp3) is 0. The first kappa shape index (κ1) is 11.7. The Morgan fingerprint density at radius 3 is 3.10 bits per heavy atom. The molecule has 3 heterocycles. The van der Waals surface area contributed by atoms with Gasteiger partial charge >= 0.3 is 0 Å². The molecule has 3 aromatic heterocycles. The van der Waals surface area contributed by atoms with E-state index in [1.165, 1.54) is 0 Å². The van der Waals surface area contributed by atoms with Gasteiger partial charge < -0.3 is 14.7 Å². The van der Waals surface area contributed by atoms with Crippen molar-refractivity contribution >= 4 is 28.0 Å². The predicted octanol–water partition coefficient (Wildman–Crippen LogP) is 3.07.